The Labute approximate surface area is 121 Å². The molecule has 1 heterocycles. The van der Waals surface area contributed by atoms with Crippen LogP contribution < -0.4 is 10.9 Å². The number of rotatable bonds is 8. The molecular formula is C12H20BrN3O3. The molecule has 0 aromatic carbocycles. The molecule has 1 unspecified atom stereocenters. The quantitative estimate of drug-likeness (QED) is 0.780. The zero-order chi connectivity index (χ0) is 14.3. The molecule has 0 fully saturated rings. The predicted molar refractivity (Wildman–Crippen MR) is 77.7 cm³/mol. The van der Waals surface area contributed by atoms with Gasteiger partial charge in [0, 0.05) is 20.3 Å². The van der Waals surface area contributed by atoms with Crippen LogP contribution in [0.25, 0.3) is 0 Å². The third kappa shape index (κ3) is 4.59. The molecule has 0 aliphatic carbocycles. The second-order valence-electron chi connectivity index (χ2n) is 4.10. The maximum Gasteiger partial charge on any atom is 0.283 e. The maximum absolute atomic E-state index is 12.0. The van der Waals surface area contributed by atoms with E-state index in [1.807, 2.05) is 0 Å². The Hall–Kier alpha value is -0.920. The van der Waals surface area contributed by atoms with Gasteiger partial charge in [0.2, 0.25) is 0 Å². The summed E-state index contributed by atoms with van der Waals surface area (Å²) in [6, 6.07) is 0.150. The van der Waals surface area contributed by atoms with E-state index in [2.05, 4.69) is 33.3 Å². The standard InChI is InChI=1S/C12H20BrN3O3/c1-4-9(8-19-3)15-10-7-14-16(5-6-18-2)12(17)11(10)13/h7,9,15H,4-6,8H2,1-3H3. The Morgan fingerprint density at radius 3 is 2.79 bits per heavy atom. The fraction of sp³-hybridized carbons (Fsp3) is 0.667. The minimum atomic E-state index is -0.172. The highest BCUT2D eigenvalue weighted by atomic mass is 79.9. The molecule has 0 aliphatic rings. The van der Waals surface area contributed by atoms with Crippen LogP contribution in [-0.2, 0) is 16.0 Å². The molecule has 1 aromatic rings. The Balaban J connectivity index is 2.86. The summed E-state index contributed by atoms with van der Waals surface area (Å²) in [5, 5.41) is 7.36. The topological polar surface area (TPSA) is 65.4 Å². The van der Waals surface area contributed by atoms with E-state index in [0.717, 1.165) is 6.42 Å². The van der Waals surface area contributed by atoms with Crippen molar-refractivity contribution >= 4 is 21.6 Å². The first-order valence-electron chi connectivity index (χ1n) is 6.14. The molecular weight excluding hydrogens is 314 g/mol. The molecule has 0 amide bonds. The molecule has 1 aromatic heterocycles. The van der Waals surface area contributed by atoms with Crippen molar-refractivity contribution in [3.05, 3.63) is 21.0 Å². The zero-order valence-electron chi connectivity index (χ0n) is 11.5. The molecule has 0 saturated carbocycles. The monoisotopic (exact) mass is 333 g/mol. The average Bonchev–Trinajstić information content (AvgIpc) is 2.42. The normalized spacial score (nSPS) is 12.4. The summed E-state index contributed by atoms with van der Waals surface area (Å²) in [6.07, 6.45) is 2.53. The molecule has 0 bridgehead atoms. The SMILES string of the molecule is CCC(COC)Nc1cnn(CCOC)c(=O)c1Br. The van der Waals surface area contributed by atoms with Gasteiger partial charge in [-0.3, -0.25) is 4.79 Å². The third-order valence-corrected chi connectivity index (χ3v) is 3.48. The van der Waals surface area contributed by atoms with Gasteiger partial charge in [0.1, 0.15) is 4.47 Å². The Kier molecular flexibility index (Phi) is 7.04. The summed E-state index contributed by atoms with van der Waals surface area (Å²) in [7, 11) is 3.24. The number of methoxy groups -OCH3 is 2. The Morgan fingerprint density at radius 1 is 1.47 bits per heavy atom. The van der Waals surface area contributed by atoms with Crippen molar-refractivity contribution in [1.82, 2.24) is 9.78 Å². The Morgan fingerprint density at radius 2 is 2.21 bits per heavy atom. The van der Waals surface area contributed by atoms with Crippen molar-refractivity contribution in [2.75, 3.05) is 32.8 Å². The van der Waals surface area contributed by atoms with Crippen LogP contribution in [-0.4, -0.2) is 43.3 Å². The molecule has 7 heteroatoms. The molecule has 108 valence electrons. The summed E-state index contributed by atoms with van der Waals surface area (Å²) < 4.78 is 11.9. The lowest BCUT2D eigenvalue weighted by molar-refractivity contribution is 0.181. The number of aromatic nitrogens is 2. The minimum Gasteiger partial charge on any atom is -0.383 e. The van der Waals surface area contributed by atoms with Crippen molar-refractivity contribution in [1.29, 1.82) is 0 Å². The van der Waals surface area contributed by atoms with E-state index in [-0.39, 0.29) is 11.6 Å². The fourth-order valence-corrected chi connectivity index (χ4v) is 2.01. The lowest BCUT2D eigenvalue weighted by Crippen LogP contribution is -2.29. The van der Waals surface area contributed by atoms with Gasteiger partial charge in [-0.1, -0.05) is 6.92 Å². The van der Waals surface area contributed by atoms with E-state index in [0.29, 0.717) is 29.9 Å². The summed E-state index contributed by atoms with van der Waals surface area (Å²) >= 11 is 3.31. The highest BCUT2D eigenvalue weighted by Crippen LogP contribution is 2.17. The van der Waals surface area contributed by atoms with Crippen molar-refractivity contribution in [2.45, 2.75) is 25.9 Å². The van der Waals surface area contributed by atoms with Gasteiger partial charge in [0.05, 0.1) is 31.6 Å². The van der Waals surface area contributed by atoms with Gasteiger partial charge in [0.15, 0.2) is 0 Å². The highest BCUT2D eigenvalue weighted by molar-refractivity contribution is 9.10. The van der Waals surface area contributed by atoms with Crippen LogP contribution in [0.2, 0.25) is 0 Å². The predicted octanol–water partition coefficient (Wildman–Crippen LogP) is 1.49. The lowest BCUT2D eigenvalue weighted by Gasteiger charge is -2.18. The van der Waals surface area contributed by atoms with Crippen LogP contribution in [0.4, 0.5) is 5.69 Å². The van der Waals surface area contributed by atoms with E-state index in [9.17, 15) is 4.79 Å². The average molecular weight is 334 g/mol. The first kappa shape index (κ1) is 16.1. The smallest absolute Gasteiger partial charge is 0.283 e. The van der Waals surface area contributed by atoms with Crippen LogP contribution in [0.3, 0.4) is 0 Å². The largest absolute Gasteiger partial charge is 0.383 e. The lowest BCUT2D eigenvalue weighted by atomic mass is 10.2. The molecule has 0 saturated heterocycles. The summed E-state index contributed by atoms with van der Waals surface area (Å²) in [5.41, 5.74) is 0.511. The molecule has 1 N–H and O–H groups in total. The summed E-state index contributed by atoms with van der Waals surface area (Å²) in [4.78, 5) is 12.0. The van der Waals surface area contributed by atoms with Crippen molar-refractivity contribution < 1.29 is 9.47 Å². The number of halogens is 1. The number of hydrogen-bond acceptors (Lipinski definition) is 5. The number of anilines is 1. The summed E-state index contributed by atoms with van der Waals surface area (Å²) in [6.45, 7) is 3.52. The van der Waals surface area contributed by atoms with Crippen molar-refractivity contribution in [3.63, 3.8) is 0 Å². The van der Waals surface area contributed by atoms with Gasteiger partial charge < -0.3 is 14.8 Å². The van der Waals surface area contributed by atoms with Gasteiger partial charge in [-0.15, -0.1) is 0 Å². The van der Waals surface area contributed by atoms with Gasteiger partial charge in [-0.2, -0.15) is 5.10 Å². The maximum atomic E-state index is 12.0. The fourth-order valence-electron chi connectivity index (χ4n) is 1.59. The van der Waals surface area contributed by atoms with E-state index in [1.54, 1.807) is 20.4 Å². The molecule has 0 spiro atoms. The summed E-state index contributed by atoms with van der Waals surface area (Å²) in [5.74, 6) is 0. The molecule has 0 aliphatic heterocycles. The van der Waals surface area contributed by atoms with E-state index >= 15 is 0 Å². The van der Waals surface area contributed by atoms with E-state index < -0.39 is 0 Å². The van der Waals surface area contributed by atoms with Gasteiger partial charge in [0.25, 0.3) is 5.56 Å². The van der Waals surface area contributed by atoms with Crippen molar-refractivity contribution in [2.24, 2.45) is 0 Å². The van der Waals surface area contributed by atoms with Crippen LogP contribution in [0.15, 0.2) is 15.5 Å². The van der Waals surface area contributed by atoms with E-state index in [4.69, 9.17) is 9.47 Å². The number of hydrogen-bond donors (Lipinski definition) is 1. The first-order valence-corrected chi connectivity index (χ1v) is 6.93. The molecule has 6 nitrogen and oxygen atoms in total. The molecule has 0 radical (unpaired) electrons. The third-order valence-electron chi connectivity index (χ3n) is 2.71. The molecule has 19 heavy (non-hydrogen) atoms. The molecule has 1 rings (SSSR count). The number of ether oxygens (including phenoxy) is 2. The second kappa shape index (κ2) is 8.29. The first-order chi connectivity index (χ1) is 9.13. The van der Waals surface area contributed by atoms with Crippen molar-refractivity contribution in [3.8, 4) is 0 Å². The van der Waals surface area contributed by atoms with E-state index in [1.165, 1.54) is 4.68 Å². The van der Waals surface area contributed by atoms with Gasteiger partial charge in [-0.05, 0) is 22.4 Å². The highest BCUT2D eigenvalue weighted by Gasteiger charge is 2.12. The second-order valence-corrected chi connectivity index (χ2v) is 4.89. The van der Waals surface area contributed by atoms with Crippen LogP contribution in [0.1, 0.15) is 13.3 Å². The van der Waals surface area contributed by atoms with Crippen LogP contribution in [0.5, 0.6) is 0 Å². The van der Waals surface area contributed by atoms with Crippen LogP contribution >= 0.6 is 15.9 Å². The van der Waals surface area contributed by atoms with Gasteiger partial charge >= 0.3 is 0 Å². The van der Waals surface area contributed by atoms with Gasteiger partial charge in [-0.25, -0.2) is 4.68 Å². The number of nitrogens with zero attached hydrogens (tertiary/aromatic N) is 2. The minimum absolute atomic E-state index is 0.150. The van der Waals surface area contributed by atoms with Crippen LogP contribution in [0, 0.1) is 0 Å². The molecule has 1 atom stereocenters. The zero-order valence-corrected chi connectivity index (χ0v) is 13.1. The number of nitrogens with one attached hydrogen (secondary N) is 1. The Bertz CT molecular complexity index is 450.